The van der Waals surface area contributed by atoms with Crippen molar-refractivity contribution in [2.24, 2.45) is 0 Å². The maximum atomic E-state index is 13.4. The minimum atomic E-state index is -2.63. The topological polar surface area (TPSA) is 26.3 Å². The molecule has 3 aromatic carbocycles. The van der Waals surface area contributed by atoms with E-state index in [0.29, 0.717) is 0 Å². The van der Waals surface area contributed by atoms with Crippen LogP contribution in [-0.2, 0) is 4.57 Å². The molecule has 3 rings (SSSR count). The van der Waals surface area contributed by atoms with E-state index in [9.17, 15) is 4.57 Å². The number of fused-ring (bicyclic) bond motifs is 1. The van der Waals surface area contributed by atoms with E-state index in [0.717, 1.165) is 27.1 Å². The van der Waals surface area contributed by atoms with Crippen molar-refractivity contribution in [3.8, 4) is 5.75 Å². The Morgan fingerprint density at radius 1 is 0.810 bits per heavy atom. The lowest BCUT2D eigenvalue weighted by molar-refractivity contribution is 0.420. The van der Waals surface area contributed by atoms with Gasteiger partial charge in [-0.15, -0.1) is 0 Å². The van der Waals surface area contributed by atoms with E-state index < -0.39 is 7.14 Å². The van der Waals surface area contributed by atoms with Gasteiger partial charge in [0, 0.05) is 16.0 Å². The monoisotopic (exact) mass is 296 g/mol. The number of ether oxygens (including phenoxy) is 1. The van der Waals surface area contributed by atoms with E-state index in [1.165, 1.54) is 0 Å². The second-order valence-electron chi connectivity index (χ2n) is 5.09. The summed E-state index contributed by atoms with van der Waals surface area (Å²) in [6, 6.07) is 21.4. The molecule has 21 heavy (non-hydrogen) atoms. The highest BCUT2D eigenvalue weighted by Crippen LogP contribution is 2.42. The fourth-order valence-corrected chi connectivity index (χ4v) is 4.69. The molecule has 0 saturated carbocycles. The van der Waals surface area contributed by atoms with Crippen molar-refractivity contribution >= 4 is 28.5 Å². The second-order valence-corrected chi connectivity index (χ2v) is 7.94. The molecule has 0 spiro atoms. The second kappa shape index (κ2) is 5.38. The summed E-state index contributed by atoms with van der Waals surface area (Å²) in [7, 11) is -0.972. The van der Waals surface area contributed by atoms with Crippen LogP contribution in [0.25, 0.3) is 10.8 Å². The summed E-state index contributed by atoms with van der Waals surface area (Å²) in [5.41, 5.74) is 0. The van der Waals surface area contributed by atoms with E-state index in [1.54, 1.807) is 7.11 Å². The third kappa shape index (κ3) is 2.36. The normalized spacial score (nSPS) is 13.8. The molecule has 0 bridgehead atoms. The van der Waals surface area contributed by atoms with E-state index in [4.69, 9.17) is 4.74 Å². The molecule has 0 saturated heterocycles. The first-order valence-electron chi connectivity index (χ1n) is 6.84. The van der Waals surface area contributed by atoms with Crippen LogP contribution in [0.3, 0.4) is 0 Å². The Labute approximate surface area is 124 Å². The van der Waals surface area contributed by atoms with Gasteiger partial charge in [-0.2, -0.15) is 0 Å². The van der Waals surface area contributed by atoms with Crippen LogP contribution in [0.15, 0.2) is 66.7 Å². The van der Waals surface area contributed by atoms with Crippen molar-refractivity contribution in [3.63, 3.8) is 0 Å². The molecular formula is C18H17O2P. The van der Waals surface area contributed by atoms with E-state index in [2.05, 4.69) is 0 Å². The highest BCUT2D eigenvalue weighted by molar-refractivity contribution is 7.78. The summed E-state index contributed by atoms with van der Waals surface area (Å²) in [6.07, 6.45) is 0. The molecule has 0 aliphatic carbocycles. The van der Waals surface area contributed by atoms with E-state index >= 15 is 0 Å². The lowest BCUT2D eigenvalue weighted by Crippen LogP contribution is -2.15. The summed E-state index contributed by atoms with van der Waals surface area (Å²) in [5.74, 6) is 0.808. The lowest BCUT2D eigenvalue weighted by Gasteiger charge is -2.17. The summed E-state index contributed by atoms with van der Waals surface area (Å²) in [5, 5.41) is 3.74. The van der Waals surface area contributed by atoms with Crippen molar-refractivity contribution in [2.75, 3.05) is 13.8 Å². The molecule has 2 nitrogen and oxygen atoms in total. The molecule has 3 aromatic rings. The predicted molar refractivity (Wildman–Crippen MR) is 89.7 cm³/mol. The van der Waals surface area contributed by atoms with Gasteiger partial charge in [-0.25, -0.2) is 0 Å². The van der Waals surface area contributed by atoms with Gasteiger partial charge >= 0.3 is 0 Å². The van der Waals surface area contributed by atoms with Crippen molar-refractivity contribution in [2.45, 2.75) is 0 Å². The van der Waals surface area contributed by atoms with Gasteiger partial charge in [-0.1, -0.05) is 54.6 Å². The molecule has 0 radical (unpaired) electrons. The number of hydrogen-bond acceptors (Lipinski definition) is 2. The SMILES string of the molecule is COc1ccc(P(C)(=O)c2ccccc2)c2ccccc12. The molecule has 1 atom stereocenters. The van der Waals surface area contributed by atoms with Crippen LogP contribution in [0.1, 0.15) is 0 Å². The summed E-state index contributed by atoms with van der Waals surface area (Å²) in [4.78, 5) is 0. The first-order chi connectivity index (χ1) is 10.1. The summed E-state index contributed by atoms with van der Waals surface area (Å²) >= 11 is 0. The maximum Gasteiger partial charge on any atom is 0.140 e. The van der Waals surface area contributed by atoms with Crippen molar-refractivity contribution in [3.05, 3.63) is 66.7 Å². The molecule has 0 fully saturated rings. The molecule has 0 aliphatic heterocycles. The van der Waals surface area contributed by atoms with Crippen LogP contribution < -0.4 is 15.3 Å². The predicted octanol–water partition coefficient (Wildman–Crippen LogP) is 3.79. The molecule has 3 heteroatoms. The number of benzene rings is 3. The Bertz CT molecular complexity index is 825. The minimum absolute atomic E-state index is 0.808. The summed E-state index contributed by atoms with van der Waals surface area (Å²) < 4.78 is 18.8. The quantitative estimate of drug-likeness (QED) is 0.687. The number of methoxy groups -OCH3 is 1. The van der Waals surface area contributed by atoms with E-state index in [-0.39, 0.29) is 0 Å². The molecule has 0 heterocycles. The van der Waals surface area contributed by atoms with Gasteiger partial charge in [0.15, 0.2) is 0 Å². The third-order valence-corrected chi connectivity index (χ3v) is 6.38. The number of rotatable bonds is 3. The maximum absolute atomic E-state index is 13.4. The van der Waals surface area contributed by atoms with Crippen LogP contribution in [-0.4, -0.2) is 13.8 Å². The first-order valence-corrected chi connectivity index (χ1v) is 8.99. The Hall–Kier alpha value is -2.05. The zero-order valence-electron chi connectivity index (χ0n) is 12.1. The van der Waals surface area contributed by atoms with Crippen LogP contribution in [0.4, 0.5) is 0 Å². The Morgan fingerprint density at radius 3 is 2.10 bits per heavy atom. The summed E-state index contributed by atoms with van der Waals surface area (Å²) in [6.45, 7) is 1.83. The lowest BCUT2D eigenvalue weighted by atomic mass is 10.1. The fourth-order valence-electron chi connectivity index (χ4n) is 2.66. The van der Waals surface area contributed by atoms with Gasteiger partial charge in [0.25, 0.3) is 0 Å². The molecule has 0 aromatic heterocycles. The molecule has 0 aliphatic rings. The van der Waals surface area contributed by atoms with Gasteiger partial charge in [-0.05, 0) is 24.2 Å². The Morgan fingerprint density at radius 2 is 1.43 bits per heavy atom. The number of hydrogen-bond donors (Lipinski definition) is 0. The fraction of sp³-hybridized carbons (Fsp3) is 0.111. The van der Waals surface area contributed by atoms with Gasteiger partial charge in [0.1, 0.15) is 12.9 Å². The van der Waals surface area contributed by atoms with Crippen LogP contribution in [0.2, 0.25) is 0 Å². The van der Waals surface area contributed by atoms with Gasteiger partial charge in [0.05, 0.1) is 7.11 Å². The largest absolute Gasteiger partial charge is 0.496 e. The molecule has 106 valence electrons. The highest BCUT2D eigenvalue weighted by atomic mass is 31.2. The molecule has 1 unspecified atom stereocenters. The van der Waals surface area contributed by atoms with Gasteiger partial charge < -0.3 is 9.30 Å². The van der Waals surface area contributed by atoms with Gasteiger partial charge in [-0.3, -0.25) is 0 Å². The average Bonchev–Trinajstić information content (AvgIpc) is 2.54. The van der Waals surface area contributed by atoms with Gasteiger partial charge in [0.2, 0.25) is 0 Å². The molecule has 0 N–H and O–H groups in total. The highest BCUT2D eigenvalue weighted by Gasteiger charge is 2.23. The van der Waals surface area contributed by atoms with Crippen molar-refractivity contribution in [1.29, 1.82) is 0 Å². The van der Waals surface area contributed by atoms with Crippen molar-refractivity contribution in [1.82, 2.24) is 0 Å². The minimum Gasteiger partial charge on any atom is -0.496 e. The van der Waals surface area contributed by atoms with Crippen molar-refractivity contribution < 1.29 is 9.30 Å². The third-order valence-electron chi connectivity index (χ3n) is 3.79. The van der Waals surface area contributed by atoms with Crippen LogP contribution in [0.5, 0.6) is 5.75 Å². The average molecular weight is 296 g/mol. The Kier molecular flexibility index (Phi) is 3.57. The standard InChI is InChI=1S/C18H17O2P/c1-20-17-12-13-18(16-11-7-6-10-15(16)17)21(2,19)14-8-4-3-5-9-14/h3-13H,1-2H3. The van der Waals surface area contributed by atoms with Crippen LogP contribution in [0, 0.1) is 0 Å². The van der Waals surface area contributed by atoms with E-state index in [1.807, 2.05) is 73.4 Å². The first kappa shape index (κ1) is 13.9. The zero-order valence-corrected chi connectivity index (χ0v) is 13.0. The molecule has 0 amide bonds. The Balaban J connectivity index is 2.29. The smallest absolute Gasteiger partial charge is 0.140 e. The zero-order chi connectivity index (χ0) is 14.9. The molecular weight excluding hydrogens is 279 g/mol. The van der Waals surface area contributed by atoms with Crippen LogP contribution >= 0.6 is 7.14 Å².